The van der Waals surface area contributed by atoms with Crippen LogP contribution in [0.3, 0.4) is 0 Å². The Kier molecular flexibility index (Phi) is 4.08. The summed E-state index contributed by atoms with van der Waals surface area (Å²) in [4.78, 5) is 26.4. The number of sulfone groups is 1. The van der Waals surface area contributed by atoms with Gasteiger partial charge in [-0.2, -0.15) is 0 Å². The van der Waals surface area contributed by atoms with Gasteiger partial charge >= 0.3 is 0 Å². The predicted octanol–water partition coefficient (Wildman–Crippen LogP) is 0.325. The molecule has 2 aliphatic heterocycles. The lowest BCUT2D eigenvalue weighted by molar-refractivity contribution is -0.155. The number of carbonyl (C=O) groups excluding carboxylic acids is 2. The van der Waals surface area contributed by atoms with Crippen LogP contribution in [0.1, 0.15) is 40.5 Å². The number of hydrogen-bond donors (Lipinski definition) is 1. The van der Waals surface area contributed by atoms with Crippen LogP contribution in [0.15, 0.2) is 0 Å². The van der Waals surface area contributed by atoms with E-state index < -0.39 is 26.7 Å². The van der Waals surface area contributed by atoms with Crippen molar-refractivity contribution in [1.29, 1.82) is 0 Å². The molecule has 6 nitrogen and oxygen atoms in total. The van der Waals surface area contributed by atoms with E-state index in [0.717, 1.165) is 0 Å². The molecule has 0 spiro atoms. The highest BCUT2D eigenvalue weighted by atomic mass is 32.2. The topological polar surface area (TPSA) is 83.6 Å². The van der Waals surface area contributed by atoms with Crippen LogP contribution < -0.4 is 5.32 Å². The lowest BCUT2D eigenvalue weighted by atomic mass is 9.91. The van der Waals surface area contributed by atoms with Gasteiger partial charge in [0.2, 0.25) is 11.8 Å². The first-order valence-corrected chi connectivity index (χ1v) is 9.12. The van der Waals surface area contributed by atoms with Crippen LogP contribution in [0, 0.1) is 5.92 Å². The molecule has 2 fully saturated rings. The van der Waals surface area contributed by atoms with E-state index in [1.54, 1.807) is 13.8 Å². The SMILES string of the molecule is CC(C)C1C(=O)NC(C)(C)C(=O)N1CC1CCCS1(=O)=O. The van der Waals surface area contributed by atoms with Gasteiger partial charge in [-0.15, -0.1) is 0 Å². The van der Waals surface area contributed by atoms with Crippen LogP contribution in [-0.2, 0) is 19.4 Å². The summed E-state index contributed by atoms with van der Waals surface area (Å²) in [5.41, 5.74) is -0.981. The third kappa shape index (κ3) is 2.93. The van der Waals surface area contributed by atoms with E-state index in [1.807, 2.05) is 13.8 Å². The molecule has 0 bridgehead atoms. The average molecular weight is 316 g/mol. The molecule has 2 atom stereocenters. The van der Waals surface area contributed by atoms with Crippen LogP contribution in [0.2, 0.25) is 0 Å². The molecule has 0 aromatic rings. The van der Waals surface area contributed by atoms with Gasteiger partial charge in [-0.3, -0.25) is 9.59 Å². The van der Waals surface area contributed by atoms with Crippen molar-refractivity contribution in [1.82, 2.24) is 10.2 Å². The normalized spacial score (nSPS) is 31.6. The van der Waals surface area contributed by atoms with E-state index in [4.69, 9.17) is 0 Å². The third-order valence-corrected chi connectivity index (χ3v) is 6.59. The van der Waals surface area contributed by atoms with Crippen molar-refractivity contribution >= 4 is 21.7 Å². The summed E-state index contributed by atoms with van der Waals surface area (Å²) in [5, 5.41) is 2.20. The fourth-order valence-electron chi connectivity index (χ4n) is 3.20. The Morgan fingerprint density at radius 1 is 1.33 bits per heavy atom. The van der Waals surface area contributed by atoms with Gasteiger partial charge in [0.15, 0.2) is 9.84 Å². The molecule has 0 aliphatic carbocycles. The minimum absolute atomic E-state index is 0.0610. The Labute approximate surface area is 126 Å². The Bertz CT molecular complexity index is 553. The molecular formula is C14H24N2O4S. The van der Waals surface area contributed by atoms with E-state index >= 15 is 0 Å². The zero-order valence-corrected chi connectivity index (χ0v) is 13.9. The standard InChI is InChI=1S/C14H24N2O4S/c1-9(2)11-12(17)15-14(3,4)13(18)16(11)8-10-6-5-7-21(10,19)20/h9-11H,5-8H2,1-4H3,(H,15,17). The molecule has 2 heterocycles. The van der Waals surface area contributed by atoms with Gasteiger partial charge in [0.1, 0.15) is 11.6 Å². The first-order valence-electron chi connectivity index (χ1n) is 7.41. The molecule has 2 amide bonds. The molecule has 2 aliphatic rings. The van der Waals surface area contributed by atoms with Gasteiger partial charge in [-0.05, 0) is 32.6 Å². The molecule has 7 heteroatoms. The molecule has 2 rings (SSSR count). The zero-order chi connectivity index (χ0) is 16.0. The van der Waals surface area contributed by atoms with Crippen molar-refractivity contribution in [3.8, 4) is 0 Å². The largest absolute Gasteiger partial charge is 0.340 e. The summed E-state index contributed by atoms with van der Waals surface area (Å²) < 4.78 is 24.0. The number of carbonyl (C=O) groups is 2. The van der Waals surface area contributed by atoms with Gasteiger partial charge in [-0.25, -0.2) is 8.42 Å². The number of nitrogens with one attached hydrogen (secondary N) is 1. The van der Waals surface area contributed by atoms with Gasteiger partial charge in [-0.1, -0.05) is 13.8 Å². The molecule has 0 aromatic heterocycles. The van der Waals surface area contributed by atoms with Gasteiger partial charge in [0.25, 0.3) is 0 Å². The minimum Gasteiger partial charge on any atom is -0.340 e. The maximum absolute atomic E-state index is 12.6. The van der Waals surface area contributed by atoms with Gasteiger partial charge in [0, 0.05) is 6.54 Å². The van der Waals surface area contributed by atoms with Crippen LogP contribution in [0.25, 0.3) is 0 Å². The number of hydrogen-bond acceptors (Lipinski definition) is 4. The fourth-order valence-corrected chi connectivity index (χ4v) is 5.02. The molecule has 1 N–H and O–H groups in total. The van der Waals surface area contributed by atoms with Crippen molar-refractivity contribution in [2.45, 2.75) is 57.4 Å². The maximum Gasteiger partial charge on any atom is 0.248 e. The van der Waals surface area contributed by atoms with Crippen molar-refractivity contribution in [2.24, 2.45) is 5.92 Å². The molecular weight excluding hydrogens is 292 g/mol. The monoisotopic (exact) mass is 316 g/mol. The van der Waals surface area contributed by atoms with Crippen LogP contribution in [-0.4, -0.2) is 54.3 Å². The number of rotatable bonds is 3. The van der Waals surface area contributed by atoms with Gasteiger partial charge < -0.3 is 10.2 Å². The molecule has 0 radical (unpaired) electrons. The number of amides is 2. The quantitative estimate of drug-likeness (QED) is 0.813. The fraction of sp³-hybridized carbons (Fsp3) is 0.857. The Balaban J connectivity index is 2.31. The maximum atomic E-state index is 12.6. The van der Waals surface area contributed by atoms with Gasteiger partial charge in [0.05, 0.1) is 11.0 Å². The lowest BCUT2D eigenvalue weighted by Gasteiger charge is -2.45. The Morgan fingerprint density at radius 2 is 1.95 bits per heavy atom. The summed E-state index contributed by atoms with van der Waals surface area (Å²) in [6, 6.07) is -0.596. The summed E-state index contributed by atoms with van der Waals surface area (Å²) in [6.45, 7) is 7.17. The van der Waals surface area contributed by atoms with Crippen LogP contribution in [0.5, 0.6) is 0 Å². The van der Waals surface area contributed by atoms with E-state index in [1.165, 1.54) is 4.90 Å². The summed E-state index contributed by atoms with van der Waals surface area (Å²) >= 11 is 0. The molecule has 0 aromatic carbocycles. The second-order valence-electron chi connectivity index (χ2n) is 6.89. The van der Waals surface area contributed by atoms with Crippen molar-refractivity contribution in [3.63, 3.8) is 0 Å². The second kappa shape index (κ2) is 5.26. The van der Waals surface area contributed by atoms with E-state index in [2.05, 4.69) is 5.32 Å². The van der Waals surface area contributed by atoms with E-state index in [0.29, 0.717) is 12.8 Å². The summed E-state index contributed by atoms with van der Waals surface area (Å²) in [5.74, 6) is -0.288. The molecule has 2 unspecified atom stereocenters. The first kappa shape index (κ1) is 16.3. The minimum atomic E-state index is -3.14. The average Bonchev–Trinajstić information content (AvgIpc) is 2.64. The molecule has 21 heavy (non-hydrogen) atoms. The summed E-state index contributed by atoms with van der Waals surface area (Å²) in [6.07, 6.45) is 1.20. The second-order valence-corrected chi connectivity index (χ2v) is 9.29. The van der Waals surface area contributed by atoms with Crippen molar-refractivity contribution in [3.05, 3.63) is 0 Å². The van der Waals surface area contributed by atoms with E-state index in [-0.39, 0.29) is 30.0 Å². The van der Waals surface area contributed by atoms with Crippen molar-refractivity contribution < 1.29 is 18.0 Å². The zero-order valence-electron chi connectivity index (χ0n) is 13.0. The number of nitrogens with zero attached hydrogens (tertiary/aromatic N) is 1. The molecule has 0 saturated carbocycles. The molecule has 120 valence electrons. The third-order valence-electron chi connectivity index (χ3n) is 4.33. The Hall–Kier alpha value is -1.11. The van der Waals surface area contributed by atoms with Crippen LogP contribution >= 0.6 is 0 Å². The predicted molar refractivity (Wildman–Crippen MR) is 79.4 cm³/mol. The highest BCUT2D eigenvalue weighted by Crippen LogP contribution is 2.27. The Morgan fingerprint density at radius 3 is 2.43 bits per heavy atom. The highest BCUT2D eigenvalue weighted by Gasteiger charge is 2.48. The van der Waals surface area contributed by atoms with Crippen molar-refractivity contribution in [2.75, 3.05) is 12.3 Å². The lowest BCUT2D eigenvalue weighted by Crippen LogP contribution is -2.70. The number of piperazine rings is 1. The van der Waals surface area contributed by atoms with Crippen LogP contribution in [0.4, 0.5) is 0 Å². The molecule has 2 saturated heterocycles. The smallest absolute Gasteiger partial charge is 0.248 e. The van der Waals surface area contributed by atoms with E-state index in [9.17, 15) is 18.0 Å². The highest BCUT2D eigenvalue weighted by molar-refractivity contribution is 7.92. The first-order chi connectivity index (χ1) is 9.56. The summed E-state index contributed by atoms with van der Waals surface area (Å²) in [7, 11) is -3.14.